The Balaban J connectivity index is 2.24. The third-order valence-electron chi connectivity index (χ3n) is 1.06. The molecule has 2 N–H and O–H groups in total. The molecule has 0 aromatic heterocycles. The van der Waals surface area contributed by atoms with Crippen LogP contribution >= 0.6 is 0 Å². The van der Waals surface area contributed by atoms with E-state index in [9.17, 15) is 13.2 Å². The number of ether oxygens (including phenoxy) is 1. The second-order valence-electron chi connectivity index (χ2n) is 1.89. The van der Waals surface area contributed by atoms with Crippen LogP contribution in [0.1, 0.15) is 0 Å². The fraction of sp³-hybridized carbons (Fsp3) is 1.00. The molecule has 3 nitrogen and oxygen atoms in total. The molecule has 0 spiro atoms. The van der Waals surface area contributed by atoms with Crippen molar-refractivity contribution in [2.45, 2.75) is 12.6 Å². The number of rotatable bonds is 1. The maximum absolute atomic E-state index is 11.4. The molecule has 1 heterocycles. The minimum atomic E-state index is -4.54. The highest BCUT2D eigenvalue weighted by atomic mass is 19.4. The molecule has 0 aromatic carbocycles. The molecular formula is C4H7F3N2O. The van der Waals surface area contributed by atoms with Gasteiger partial charge in [0.1, 0.15) is 6.23 Å². The summed E-state index contributed by atoms with van der Waals surface area (Å²) in [5, 5.41) is 5.12. The van der Waals surface area contributed by atoms with E-state index in [1.165, 1.54) is 0 Å². The van der Waals surface area contributed by atoms with Gasteiger partial charge in [-0.05, 0) is 0 Å². The Hall–Kier alpha value is -0.330. The molecule has 1 saturated heterocycles. The smallest absolute Gasteiger partial charge is 0.300 e. The average molecular weight is 156 g/mol. The summed E-state index contributed by atoms with van der Waals surface area (Å²) in [5.41, 5.74) is 0. The highest BCUT2D eigenvalue weighted by Crippen LogP contribution is 2.18. The van der Waals surface area contributed by atoms with Crippen LogP contribution in [0.5, 0.6) is 0 Å². The number of alkyl halides is 3. The van der Waals surface area contributed by atoms with E-state index in [1.807, 2.05) is 0 Å². The Morgan fingerprint density at radius 3 is 2.50 bits per heavy atom. The molecule has 10 heavy (non-hydrogen) atoms. The molecule has 1 aliphatic rings. The van der Waals surface area contributed by atoms with Crippen LogP contribution in [0, 0.1) is 0 Å². The molecule has 0 aliphatic carbocycles. The van der Waals surface area contributed by atoms with E-state index < -0.39 is 12.6 Å². The van der Waals surface area contributed by atoms with Crippen molar-refractivity contribution in [3.8, 4) is 0 Å². The molecule has 0 bridgehead atoms. The monoisotopic (exact) mass is 156 g/mol. The quantitative estimate of drug-likeness (QED) is 0.560. The van der Waals surface area contributed by atoms with Crippen LogP contribution in [0.25, 0.3) is 0 Å². The van der Waals surface area contributed by atoms with Crippen LogP contribution in [0.2, 0.25) is 0 Å². The molecule has 1 unspecified atom stereocenters. The summed E-state index contributed by atoms with van der Waals surface area (Å²) in [6.45, 7) is 0.556. The number of hydrogen-bond acceptors (Lipinski definition) is 3. The largest absolute Gasteiger partial charge is 0.524 e. The first kappa shape index (κ1) is 7.77. The summed E-state index contributed by atoms with van der Waals surface area (Å²) in [6.07, 6.45) is -5.47. The lowest BCUT2D eigenvalue weighted by molar-refractivity contribution is -0.342. The van der Waals surface area contributed by atoms with E-state index in [0.29, 0.717) is 6.67 Å². The maximum atomic E-state index is 11.4. The second kappa shape index (κ2) is 2.73. The highest BCUT2D eigenvalue weighted by molar-refractivity contribution is 4.65. The Labute approximate surface area is 55.5 Å². The lowest BCUT2D eigenvalue weighted by atomic mass is 10.6. The molecule has 1 aliphatic heterocycles. The van der Waals surface area contributed by atoms with Gasteiger partial charge in [0.25, 0.3) is 0 Å². The molecule has 1 rings (SSSR count). The van der Waals surface area contributed by atoms with Gasteiger partial charge in [-0.2, -0.15) is 0 Å². The SMILES string of the molecule is FC(F)(F)OC1CNCN1. The fourth-order valence-corrected chi connectivity index (χ4v) is 0.706. The van der Waals surface area contributed by atoms with Gasteiger partial charge in [-0.1, -0.05) is 0 Å². The highest BCUT2D eigenvalue weighted by Gasteiger charge is 2.34. The van der Waals surface area contributed by atoms with E-state index in [2.05, 4.69) is 15.4 Å². The molecule has 0 amide bonds. The summed E-state index contributed by atoms with van der Waals surface area (Å²) in [6, 6.07) is 0. The maximum Gasteiger partial charge on any atom is 0.524 e. The van der Waals surface area contributed by atoms with Crippen molar-refractivity contribution in [1.29, 1.82) is 0 Å². The van der Waals surface area contributed by atoms with Crippen LogP contribution < -0.4 is 10.6 Å². The molecule has 60 valence electrons. The zero-order valence-corrected chi connectivity index (χ0v) is 5.03. The van der Waals surface area contributed by atoms with E-state index >= 15 is 0 Å². The Morgan fingerprint density at radius 1 is 1.40 bits per heavy atom. The van der Waals surface area contributed by atoms with Gasteiger partial charge in [0.15, 0.2) is 0 Å². The van der Waals surface area contributed by atoms with Crippen LogP contribution in [-0.2, 0) is 4.74 Å². The lowest BCUT2D eigenvalue weighted by Gasteiger charge is -2.12. The van der Waals surface area contributed by atoms with Crippen LogP contribution in [0.3, 0.4) is 0 Å². The molecule has 0 radical (unpaired) electrons. The second-order valence-corrected chi connectivity index (χ2v) is 1.89. The normalized spacial score (nSPS) is 27.3. The van der Waals surface area contributed by atoms with Crippen molar-refractivity contribution in [3.05, 3.63) is 0 Å². The van der Waals surface area contributed by atoms with Gasteiger partial charge < -0.3 is 5.32 Å². The van der Waals surface area contributed by atoms with Gasteiger partial charge in [-0.25, -0.2) is 0 Å². The number of halogens is 3. The lowest BCUT2D eigenvalue weighted by Crippen LogP contribution is -2.33. The Kier molecular flexibility index (Phi) is 2.12. The fourth-order valence-electron chi connectivity index (χ4n) is 0.706. The predicted molar refractivity (Wildman–Crippen MR) is 26.9 cm³/mol. The Morgan fingerprint density at radius 2 is 2.10 bits per heavy atom. The van der Waals surface area contributed by atoms with Crippen molar-refractivity contribution < 1.29 is 17.9 Å². The van der Waals surface area contributed by atoms with E-state index in [1.54, 1.807) is 0 Å². The zero-order chi connectivity index (χ0) is 7.61. The summed E-state index contributed by atoms with van der Waals surface area (Å²) >= 11 is 0. The predicted octanol–water partition coefficient (Wildman–Crippen LogP) is -0.000800. The van der Waals surface area contributed by atoms with Gasteiger partial charge in [-0.3, -0.25) is 10.1 Å². The van der Waals surface area contributed by atoms with Crippen molar-refractivity contribution in [2.24, 2.45) is 0 Å². The summed E-state index contributed by atoms with van der Waals surface area (Å²) in [7, 11) is 0. The number of hydrogen-bond donors (Lipinski definition) is 2. The standard InChI is InChI=1S/C4H7F3N2O/c5-4(6,7)10-3-1-8-2-9-3/h3,8-9H,1-2H2. The first-order chi connectivity index (χ1) is 4.58. The minimum absolute atomic E-state index is 0.194. The first-order valence-electron chi connectivity index (χ1n) is 2.76. The number of nitrogens with one attached hydrogen (secondary N) is 2. The Bertz CT molecular complexity index is 110. The van der Waals surface area contributed by atoms with Crippen molar-refractivity contribution >= 4 is 0 Å². The molecular weight excluding hydrogens is 149 g/mol. The molecule has 0 saturated carbocycles. The van der Waals surface area contributed by atoms with Crippen molar-refractivity contribution in [1.82, 2.24) is 10.6 Å². The van der Waals surface area contributed by atoms with E-state index in [-0.39, 0.29) is 6.54 Å². The molecule has 1 atom stereocenters. The van der Waals surface area contributed by atoms with Crippen molar-refractivity contribution in [2.75, 3.05) is 13.2 Å². The van der Waals surface area contributed by atoms with Gasteiger partial charge in [-0.15, -0.1) is 13.2 Å². The van der Waals surface area contributed by atoms with Gasteiger partial charge in [0.2, 0.25) is 0 Å². The molecule has 0 aromatic rings. The van der Waals surface area contributed by atoms with Crippen LogP contribution in [-0.4, -0.2) is 25.8 Å². The minimum Gasteiger partial charge on any atom is -0.300 e. The van der Waals surface area contributed by atoms with E-state index in [0.717, 1.165) is 0 Å². The van der Waals surface area contributed by atoms with E-state index in [4.69, 9.17) is 0 Å². The van der Waals surface area contributed by atoms with Gasteiger partial charge >= 0.3 is 6.36 Å². The van der Waals surface area contributed by atoms with Crippen LogP contribution in [0.4, 0.5) is 13.2 Å². The first-order valence-corrected chi connectivity index (χ1v) is 2.76. The summed E-state index contributed by atoms with van der Waals surface area (Å²) < 4.78 is 37.9. The van der Waals surface area contributed by atoms with Gasteiger partial charge in [0, 0.05) is 13.2 Å². The van der Waals surface area contributed by atoms with Crippen LogP contribution in [0.15, 0.2) is 0 Å². The molecule has 1 fully saturated rings. The summed E-state index contributed by atoms with van der Waals surface area (Å²) in [4.78, 5) is 0. The van der Waals surface area contributed by atoms with Crippen molar-refractivity contribution in [3.63, 3.8) is 0 Å². The van der Waals surface area contributed by atoms with Gasteiger partial charge in [0.05, 0.1) is 0 Å². The molecule has 6 heteroatoms. The topological polar surface area (TPSA) is 33.3 Å². The summed E-state index contributed by atoms with van der Waals surface area (Å²) in [5.74, 6) is 0. The third kappa shape index (κ3) is 2.51. The average Bonchev–Trinajstić information content (AvgIpc) is 2.12. The zero-order valence-electron chi connectivity index (χ0n) is 5.03. The third-order valence-corrected chi connectivity index (χ3v) is 1.06.